The molecule has 1 aliphatic carbocycles. The van der Waals surface area contributed by atoms with Crippen LogP contribution in [0.25, 0.3) is 0 Å². The molecule has 2 fully saturated rings. The van der Waals surface area contributed by atoms with Crippen LogP contribution in [0.5, 0.6) is 0 Å². The lowest BCUT2D eigenvalue weighted by Crippen LogP contribution is -2.44. The van der Waals surface area contributed by atoms with Gasteiger partial charge in [0, 0.05) is 26.2 Å². The normalized spacial score (nSPS) is 20.0. The van der Waals surface area contributed by atoms with Gasteiger partial charge in [0.2, 0.25) is 0 Å². The van der Waals surface area contributed by atoms with Crippen LogP contribution in [0.1, 0.15) is 42.1 Å². The first kappa shape index (κ1) is 14.2. The molecular weight excluding hydrogens is 270 g/mol. The Morgan fingerprint density at radius 2 is 2.00 bits per heavy atom. The predicted octanol–water partition coefficient (Wildman–Crippen LogP) is 0.777. The Kier molecular flexibility index (Phi) is 4.01. The first-order valence-corrected chi connectivity index (χ1v) is 7.64. The highest BCUT2D eigenvalue weighted by Gasteiger charge is 2.30. The summed E-state index contributed by atoms with van der Waals surface area (Å²) >= 11 is 0. The number of carbonyl (C=O) groups excluding carboxylic acids is 1. The van der Waals surface area contributed by atoms with Crippen molar-refractivity contribution in [2.75, 3.05) is 43.9 Å². The van der Waals surface area contributed by atoms with Crippen molar-refractivity contribution >= 4 is 17.6 Å². The Bertz CT molecular complexity index is 516. The molecule has 0 spiro atoms. The predicted molar refractivity (Wildman–Crippen MR) is 80.6 cm³/mol. The first-order valence-electron chi connectivity index (χ1n) is 7.64. The molecule has 0 unspecified atom stereocenters. The van der Waals surface area contributed by atoms with E-state index in [1.54, 1.807) is 0 Å². The third-order valence-corrected chi connectivity index (χ3v) is 4.41. The van der Waals surface area contributed by atoms with E-state index >= 15 is 0 Å². The Morgan fingerprint density at radius 3 is 2.62 bits per heavy atom. The van der Waals surface area contributed by atoms with Crippen molar-refractivity contribution in [3.63, 3.8) is 0 Å². The van der Waals surface area contributed by atoms with Gasteiger partial charge in [0.15, 0.2) is 5.82 Å². The molecule has 0 amide bonds. The second kappa shape index (κ2) is 5.93. The van der Waals surface area contributed by atoms with Gasteiger partial charge in [0.1, 0.15) is 11.4 Å². The molecule has 3 rings (SSSR count). The lowest BCUT2D eigenvalue weighted by atomic mass is 10.2. The number of aromatic nitrogens is 2. The summed E-state index contributed by atoms with van der Waals surface area (Å²) in [5.41, 5.74) is 6.65. The van der Waals surface area contributed by atoms with E-state index in [-0.39, 0.29) is 0 Å². The number of esters is 1. The zero-order valence-corrected chi connectivity index (χ0v) is 12.5. The third kappa shape index (κ3) is 2.57. The van der Waals surface area contributed by atoms with E-state index in [0.717, 1.165) is 39.0 Å². The highest BCUT2D eigenvalue weighted by atomic mass is 16.5. The molecule has 0 atom stereocenters. The molecule has 0 radical (unpaired) electrons. The maximum Gasteiger partial charge on any atom is 0.345 e. The summed E-state index contributed by atoms with van der Waals surface area (Å²) in [6, 6.07) is 0.310. The third-order valence-electron chi connectivity index (χ3n) is 4.41. The van der Waals surface area contributed by atoms with Gasteiger partial charge in [0.25, 0.3) is 0 Å². The largest absolute Gasteiger partial charge is 0.465 e. The van der Waals surface area contributed by atoms with Crippen molar-refractivity contribution in [3.8, 4) is 0 Å². The smallest absolute Gasteiger partial charge is 0.345 e. The fourth-order valence-corrected chi connectivity index (χ4v) is 3.26. The van der Waals surface area contributed by atoms with Crippen LogP contribution < -0.4 is 16.0 Å². The van der Waals surface area contributed by atoms with E-state index in [4.69, 9.17) is 10.5 Å². The fourth-order valence-electron chi connectivity index (χ4n) is 3.26. The molecule has 1 saturated carbocycles. The van der Waals surface area contributed by atoms with Crippen molar-refractivity contribution in [1.29, 1.82) is 0 Å². The van der Waals surface area contributed by atoms with Crippen LogP contribution in [0.4, 0.5) is 11.6 Å². The first-order chi connectivity index (χ1) is 10.2. The Hall–Kier alpha value is -1.76. The Labute approximate surface area is 124 Å². The van der Waals surface area contributed by atoms with Gasteiger partial charge in [-0.05, 0) is 12.8 Å². The molecule has 3 N–H and O–H groups in total. The summed E-state index contributed by atoms with van der Waals surface area (Å²) in [5.74, 6) is 0.723. The molecule has 0 aromatic carbocycles. The number of methoxy groups -OCH3 is 1. The molecular formula is C14H23N5O2. The van der Waals surface area contributed by atoms with Gasteiger partial charge in [-0.1, -0.05) is 12.8 Å². The van der Waals surface area contributed by atoms with Crippen LogP contribution >= 0.6 is 0 Å². The molecule has 1 aromatic heterocycles. The standard InChI is InChI=1S/C14H23N5O2/c1-21-14(20)11-12(15)19(10-4-2-3-5-10)17-13(11)18-8-6-16-7-9-18/h10,16H,2-9,15H2,1H3. The van der Waals surface area contributed by atoms with E-state index < -0.39 is 5.97 Å². The van der Waals surface area contributed by atoms with E-state index in [0.29, 0.717) is 23.2 Å². The summed E-state index contributed by atoms with van der Waals surface area (Å²) in [6.45, 7) is 3.42. The number of nitrogen functional groups attached to an aromatic ring is 1. The maximum absolute atomic E-state index is 12.1. The number of nitrogens with zero attached hydrogens (tertiary/aromatic N) is 3. The van der Waals surface area contributed by atoms with Crippen molar-refractivity contribution < 1.29 is 9.53 Å². The minimum Gasteiger partial charge on any atom is -0.465 e. The van der Waals surface area contributed by atoms with Gasteiger partial charge in [-0.3, -0.25) is 0 Å². The van der Waals surface area contributed by atoms with Gasteiger partial charge < -0.3 is 20.7 Å². The number of rotatable bonds is 3. The average molecular weight is 293 g/mol. The number of anilines is 2. The number of carbonyl (C=O) groups is 1. The number of hydrogen-bond donors (Lipinski definition) is 2. The second-order valence-electron chi connectivity index (χ2n) is 5.70. The van der Waals surface area contributed by atoms with Crippen LogP contribution in [-0.2, 0) is 4.74 Å². The van der Waals surface area contributed by atoms with Crippen LogP contribution in [-0.4, -0.2) is 49.0 Å². The van der Waals surface area contributed by atoms with Crippen LogP contribution in [0.15, 0.2) is 0 Å². The summed E-state index contributed by atoms with van der Waals surface area (Å²) in [7, 11) is 1.39. The fraction of sp³-hybridized carbons (Fsp3) is 0.714. The molecule has 1 aromatic rings. The van der Waals surface area contributed by atoms with Crippen LogP contribution in [0.2, 0.25) is 0 Å². The van der Waals surface area contributed by atoms with Crippen LogP contribution in [0, 0.1) is 0 Å². The molecule has 0 bridgehead atoms. The average Bonchev–Trinajstić information content (AvgIpc) is 3.15. The van der Waals surface area contributed by atoms with E-state index in [1.807, 2.05) is 4.68 Å². The zero-order chi connectivity index (χ0) is 14.8. The van der Waals surface area contributed by atoms with Gasteiger partial charge in [-0.15, -0.1) is 0 Å². The van der Waals surface area contributed by atoms with E-state index in [2.05, 4.69) is 15.3 Å². The SMILES string of the molecule is COC(=O)c1c(N2CCNCC2)nn(C2CCCC2)c1N. The molecule has 1 saturated heterocycles. The summed E-state index contributed by atoms with van der Waals surface area (Å²) in [6.07, 6.45) is 4.54. The Balaban J connectivity index is 1.99. The number of piperazine rings is 1. The molecule has 1 aliphatic heterocycles. The zero-order valence-electron chi connectivity index (χ0n) is 12.5. The quantitative estimate of drug-likeness (QED) is 0.801. The van der Waals surface area contributed by atoms with Crippen molar-refractivity contribution in [3.05, 3.63) is 5.56 Å². The molecule has 116 valence electrons. The van der Waals surface area contributed by atoms with Crippen molar-refractivity contribution in [1.82, 2.24) is 15.1 Å². The van der Waals surface area contributed by atoms with E-state index in [9.17, 15) is 4.79 Å². The second-order valence-corrected chi connectivity index (χ2v) is 5.70. The highest BCUT2D eigenvalue weighted by Crippen LogP contribution is 2.35. The number of nitrogens with two attached hydrogens (primary N) is 1. The maximum atomic E-state index is 12.1. The monoisotopic (exact) mass is 293 g/mol. The van der Waals surface area contributed by atoms with Gasteiger partial charge >= 0.3 is 5.97 Å². The van der Waals surface area contributed by atoms with Gasteiger partial charge in [-0.2, -0.15) is 5.10 Å². The van der Waals surface area contributed by atoms with Crippen LogP contribution in [0.3, 0.4) is 0 Å². The highest BCUT2D eigenvalue weighted by molar-refractivity contribution is 5.99. The number of ether oxygens (including phenoxy) is 1. The number of hydrogen-bond acceptors (Lipinski definition) is 6. The molecule has 2 heterocycles. The van der Waals surface area contributed by atoms with Gasteiger partial charge in [0.05, 0.1) is 13.2 Å². The summed E-state index contributed by atoms with van der Waals surface area (Å²) in [5, 5.41) is 7.97. The molecule has 2 aliphatic rings. The molecule has 21 heavy (non-hydrogen) atoms. The van der Waals surface area contributed by atoms with Crippen molar-refractivity contribution in [2.45, 2.75) is 31.7 Å². The molecule has 7 heteroatoms. The van der Waals surface area contributed by atoms with Gasteiger partial charge in [-0.25, -0.2) is 9.48 Å². The van der Waals surface area contributed by atoms with Crippen molar-refractivity contribution in [2.24, 2.45) is 0 Å². The Morgan fingerprint density at radius 1 is 1.33 bits per heavy atom. The lowest BCUT2D eigenvalue weighted by Gasteiger charge is -2.27. The molecule has 7 nitrogen and oxygen atoms in total. The lowest BCUT2D eigenvalue weighted by molar-refractivity contribution is 0.0602. The number of nitrogens with one attached hydrogen (secondary N) is 1. The minimum absolute atomic E-state index is 0.310. The summed E-state index contributed by atoms with van der Waals surface area (Å²) < 4.78 is 6.75. The topological polar surface area (TPSA) is 85.4 Å². The van der Waals surface area contributed by atoms with E-state index in [1.165, 1.54) is 20.0 Å². The summed E-state index contributed by atoms with van der Waals surface area (Å²) in [4.78, 5) is 14.2. The minimum atomic E-state index is -0.398.